The number of anilines is 2. The first-order valence-corrected chi connectivity index (χ1v) is 11.0. The number of nitrogens with zero attached hydrogens (tertiary/aromatic N) is 3. The molecule has 0 aliphatic heterocycles. The molecule has 0 fully saturated rings. The first kappa shape index (κ1) is 22.2. The van der Waals surface area contributed by atoms with Gasteiger partial charge in [-0.1, -0.05) is 62.1 Å². The lowest BCUT2D eigenvalue weighted by Crippen LogP contribution is -2.51. The predicted molar refractivity (Wildman–Crippen MR) is 116 cm³/mol. The minimum Gasteiger partial charge on any atom is -0.337 e. The van der Waals surface area contributed by atoms with Crippen molar-refractivity contribution in [2.24, 2.45) is 5.92 Å². The number of nitrogens with one attached hydrogen (secondary N) is 2. The number of aryl methyl sites for hydroxylation is 2. The van der Waals surface area contributed by atoms with E-state index in [1.54, 1.807) is 6.92 Å². The Hall–Kier alpha value is -2.11. The maximum absolute atomic E-state index is 12.5. The van der Waals surface area contributed by atoms with E-state index in [-0.39, 0.29) is 17.1 Å². The number of para-hydroxylation sites is 1. The number of aromatic nitrogens is 2. The third-order valence-electron chi connectivity index (χ3n) is 4.80. The van der Waals surface area contributed by atoms with Crippen molar-refractivity contribution in [3.63, 3.8) is 0 Å². The number of carbonyl (C=O) groups excluding carboxylic acids is 1. The Kier molecular flexibility index (Phi) is 7.44. The lowest BCUT2D eigenvalue weighted by molar-refractivity contribution is -0.121. The van der Waals surface area contributed by atoms with Gasteiger partial charge in [0.2, 0.25) is 11.0 Å². The van der Waals surface area contributed by atoms with Gasteiger partial charge in [-0.05, 0) is 44.2 Å². The normalized spacial score (nSPS) is 14.2. The van der Waals surface area contributed by atoms with Crippen molar-refractivity contribution in [1.29, 1.82) is 5.26 Å². The SMILES string of the molecule is CCc1cccc(C)c1Nc1nnc(SC(C)C(=O)NC(C)(C#N)C(C)C)s1. The summed E-state index contributed by atoms with van der Waals surface area (Å²) in [6, 6.07) is 8.40. The standard InChI is InChI=1S/C20H27N5OS2/c1-7-15-10-8-9-13(4)16(15)22-18-24-25-19(28-18)27-14(5)17(26)23-20(6,11-21)12(2)3/h8-10,12,14H,7H2,1-6H3,(H,22,24)(H,23,26). The third kappa shape index (κ3) is 5.24. The number of carbonyl (C=O) groups is 1. The topological polar surface area (TPSA) is 90.7 Å². The summed E-state index contributed by atoms with van der Waals surface area (Å²) >= 11 is 2.76. The van der Waals surface area contributed by atoms with Gasteiger partial charge in [0, 0.05) is 5.69 Å². The summed E-state index contributed by atoms with van der Waals surface area (Å²) in [7, 11) is 0. The monoisotopic (exact) mass is 417 g/mol. The molecule has 1 aromatic carbocycles. The van der Waals surface area contributed by atoms with E-state index in [4.69, 9.17) is 0 Å². The van der Waals surface area contributed by atoms with E-state index in [0.717, 1.165) is 17.7 Å². The molecule has 1 heterocycles. The molecular weight excluding hydrogens is 390 g/mol. The van der Waals surface area contributed by atoms with Crippen LogP contribution >= 0.6 is 23.1 Å². The van der Waals surface area contributed by atoms with Crippen LogP contribution in [0.5, 0.6) is 0 Å². The van der Waals surface area contributed by atoms with Gasteiger partial charge in [0.25, 0.3) is 0 Å². The minimum absolute atomic E-state index is 0.0119. The Balaban J connectivity index is 2.05. The molecule has 0 aliphatic rings. The number of benzene rings is 1. The lowest BCUT2D eigenvalue weighted by Gasteiger charge is -2.28. The molecule has 2 N–H and O–H groups in total. The molecule has 6 nitrogen and oxygen atoms in total. The fraction of sp³-hybridized carbons (Fsp3) is 0.500. The molecule has 2 unspecified atom stereocenters. The number of nitriles is 1. The zero-order chi connectivity index (χ0) is 20.9. The summed E-state index contributed by atoms with van der Waals surface area (Å²) in [6.45, 7) is 11.6. The molecule has 0 saturated heterocycles. The molecule has 0 bridgehead atoms. The zero-order valence-corrected chi connectivity index (χ0v) is 18.8. The number of amides is 1. The molecule has 0 radical (unpaired) electrons. The molecule has 150 valence electrons. The molecule has 2 rings (SSSR count). The van der Waals surface area contributed by atoms with Crippen molar-refractivity contribution in [3.05, 3.63) is 29.3 Å². The highest BCUT2D eigenvalue weighted by Gasteiger charge is 2.32. The highest BCUT2D eigenvalue weighted by Crippen LogP contribution is 2.32. The molecular formula is C20H27N5OS2. The molecule has 1 aromatic heterocycles. The van der Waals surface area contributed by atoms with Gasteiger partial charge in [0.05, 0.1) is 11.3 Å². The predicted octanol–water partition coefficient (Wildman–Crippen LogP) is 4.69. The van der Waals surface area contributed by atoms with Gasteiger partial charge in [-0.3, -0.25) is 4.79 Å². The maximum Gasteiger partial charge on any atom is 0.234 e. The van der Waals surface area contributed by atoms with Crippen LogP contribution < -0.4 is 10.6 Å². The highest BCUT2D eigenvalue weighted by atomic mass is 32.2. The number of hydrogen-bond donors (Lipinski definition) is 2. The second-order valence-corrected chi connectivity index (χ2v) is 9.74. The number of rotatable bonds is 8. The van der Waals surface area contributed by atoms with Gasteiger partial charge in [-0.2, -0.15) is 5.26 Å². The molecule has 0 saturated carbocycles. The van der Waals surface area contributed by atoms with Gasteiger partial charge in [0.1, 0.15) is 5.54 Å². The Bertz CT molecular complexity index is 874. The lowest BCUT2D eigenvalue weighted by atomic mass is 9.90. The Labute approximate surface area is 175 Å². The summed E-state index contributed by atoms with van der Waals surface area (Å²) in [5.41, 5.74) is 2.55. The second-order valence-electron chi connectivity index (χ2n) is 7.18. The van der Waals surface area contributed by atoms with Crippen LogP contribution in [0.3, 0.4) is 0 Å². The van der Waals surface area contributed by atoms with Crippen molar-refractivity contribution < 1.29 is 4.79 Å². The maximum atomic E-state index is 12.5. The summed E-state index contributed by atoms with van der Waals surface area (Å²) in [4.78, 5) is 12.5. The molecule has 8 heteroatoms. The van der Waals surface area contributed by atoms with E-state index in [0.29, 0.717) is 9.47 Å². The van der Waals surface area contributed by atoms with E-state index in [9.17, 15) is 10.1 Å². The van der Waals surface area contributed by atoms with Crippen LogP contribution in [0.25, 0.3) is 0 Å². The van der Waals surface area contributed by atoms with E-state index < -0.39 is 5.54 Å². The third-order valence-corrected chi connectivity index (χ3v) is 6.82. The molecule has 2 atom stereocenters. The Morgan fingerprint density at radius 1 is 1.36 bits per heavy atom. The molecule has 1 amide bonds. The van der Waals surface area contributed by atoms with Crippen LogP contribution in [0.15, 0.2) is 22.5 Å². The molecule has 2 aromatic rings. The summed E-state index contributed by atoms with van der Waals surface area (Å²) in [6.07, 6.45) is 0.926. The van der Waals surface area contributed by atoms with Gasteiger partial charge in [0.15, 0.2) is 4.34 Å². The number of thioether (sulfide) groups is 1. The highest BCUT2D eigenvalue weighted by molar-refractivity contribution is 8.02. The summed E-state index contributed by atoms with van der Waals surface area (Å²) in [5.74, 6) is -0.169. The van der Waals surface area contributed by atoms with Crippen molar-refractivity contribution in [2.75, 3.05) is 5.32 Å². The fourth-order valence-electron chi connectivity index (χ4n) is 2.48. The average Bonchev–Trinajstić information content (AvgIpc) is 3.09. The smallest absolute Gasteiger partial charge is 0.234 e. The summed E-state index contributed by atoms with van der Waals surface area (Å²) in [5, 5.41) is 24.3. The van der Waals surface area contributed by atoms with Crippen LogP contribution in [-0.2, 0) is 11.2 Å². The van der Waals surface area contributed by atoms with Crippen molar-refractivity contribution in [1.82, 2.24) is 15.5 Å². The van der Waals surface area contributed by atoms with Crippen molar-refractivity contribution >= 4 is 39.8 Å². The second kappa shape index (κ2) is 9.39. The van der Waals surface area contributed by atoms with Gasteiger partial charge < -0.3 is 10.6 Å². The first-order valence-electron chi connectivity index (χ1n) is 9.29. The van der Waals surface area contributed by atoms with Crippen LogP contribution in [0.2, 0.25) is 0 Å². The van der Waals surface area contributed by atoms with Crippen LogP contribution in [0.4, 0.5) is 10.8 Å². The van der Waals surface area contributed by atoms with E-state index in [1.165, 1.54) is 28.7 Å². The van der Waals surface area contributed by atoms with E-state index in [2.05, 4.69) is 52.9 Å². The number of hydrogen-bond acceptors (Lipinski definition) is 7. The van der Waals surface area contributed by atoms with E-state index >= 15 is 0 Å². The molecule has 28 heavy (non-hydrogen) atoms. The fourth-order valence-corrected chi connectivity index (χ4v) is 4.38. The Morgan fingerprint density at radius 3 is 2.68 bits per heavy atom. The summed E-state index contributed by atoms with van der Waals surface area (Å²) < 4.78 is 0.708. The average molecular weight is 418 g/mol. The van der Waals surface area contributed by atoms with Gasteiger partial charge in [-0.15, -0.1) is 10.2 Å². The largest absolute Gasteiger partial charge is 0.337 e. The van der Waals surface area contributed by atoms with E-state index in [1.807, 2.05) is 26.8 Å². The van der Waals surface area contributed by atoms with Crippen molar-refractivity contribution in [2.45, 2.75) is 63.1 Å². The van der Waals surface area contributed by atoms with Crippen LogP contribution in [-0.4, -0.2) is 26.9 Å². The molecule has 0 aliphatic carbocycles. The van der Waals surface area contributed by atoms with Gasteiger partial charge in [-0.25, -0.2) is 0 Å². The first-order chi connectivity index (χ1) is 13.2. The van der Waals surface area contributed by atoms with Crippen molar-refractivity contribution in [3.8, 4) is 6.07 Å². The quantitative estimate of drug-likeness (QED) is 0.606. The minimum atomic E-state index is -0.888. The Morgan fingerprint density at radius 2 is 2.07 bits per heavy atom. The zero-order valence-electron chi connectivity index (χ0n) is 17.2. The van der Waals surface area contributed by atoms with Gasteiger partial charge >= 0.3 is 0 Å². The van der Waals surface area contributed by atoms with Crippen LogP contribution in [0.1, 0.15) is 45.7 Å². The van der Waals surface area contributed by atoms with Crippen LogP contribution in [0, 0.1) is 24.2 Å². The molecule has 0 spiro atoms.